The lowest BCUT2D eigenvalue weighted by Gasteiger charge is -2.08. The molecule has 0 fully saturated rings. The van der Waals surface area contributed by atoms with Crippen molar-refractivity contribution in [3.05, 3.63) is 77.5 Å². The fourth-order valence-electron chi connectivity index (χ4n) is 2.79. The Labute approximate surface area is 147 Å². The van der Waals surface area contributed by atoms with Gasteiger partial charge in [0.15, 0.2) is 11.3 Å². The highest BCUT2D eigenvalue weighted by atomic mass is 16.5. The third kappa shape index (κ3) is 2.71. The van der Waals surface area contributed by atoms with E-state index < -0.39 is 5.91 Å². The van der Waals surface area contributed by atoms with Crippen LogP contribution in [0.5, 0.6) is 0 Å². The molecule has 0 unspecified atom stereocenters. The van der Waals surface area contributed by atoms with Crippen molar-refractivity contribution in [2.75, 3.05) is 0 Å². The lowest BCUT2D eigenvalue weighted by molar-refractivity contribution is 0.100. The molecule has 2 heterocycles. The monoisotopic (exact) mass is 347 g/mol. The maximum Gasteiger partial charge on any atom is 0.316 e. The van der Waals surface area contributed by atoms with E-state index in [9.17, 15) is 14.9 Å². The molecule has 2 aromatic rings. The number of nitroso groups, excluding NO2 is 1. The number of aromatic nitrogens is 2. The number of rotatable bonds is 2. The maximum absolute atomic E-state index is 11.4. The van der Waals surface area contributed by atoms with E-state index in [0.29, 0.717) is 11.3 Å². The Balaban J connectivity index is 2.00. The summed E-state index contributed by atoms with van der Waals surface area (Å²) in [4.78, 5) is 25.2. The molecular formula is C19H13N3O4. The SMILES string of the molecule is O=NC(=O)c1ccc(-c2[nH]c3ccccc3oc3cn(O)ccc2-3)cc1. The van der Waals surface area contributed by atoms with Crippen molar-refractivity contribution in [3.8, 4) is 22.6 Å². The van der Waals surface area contributed by atoms with E-state index in [0.717, 1.165) is 27.1 Å². The molecule has 0 saturated heterocycles. The molecule has 7 nitrogen and oxygen atoms in total. The highest BCUT2D eigenvalue weighted by molar-refractivity contribution is 5.95. The topological polar surface area (TPSA) is 101 Å². The molecule has 1 amide bonds. The zero-order chi connectivity index (χ0) is 18.1. The Morgan fingerprint density at radius 3 is 2.62 bits per heavy atom. The fourth-order valence-corrected chi connectivity index (χ4v) is 2.79. The highest BCUT2D eigenvalue weighted by Gasteiger charge is 2.14. The second-order valence-corrected chi connectivity index (χ2v) is 5.67. The average molecular weight is 347 g/mol. The number of nitrogens with one attached hydrogen (secondary N) is 1. The van der Waals surface area contributed by atoms with Crippen LogP contribution in [0, 0.1) is 4.91 Å². The average Bonchev–Trinajstić information content (AvgIpc) is 2.83. The van der Waals surface area contributed by atoms with Crippen molar-refractivity contribution in [2.24, 2.45) is 5.18 Å². The third-order valence-corrected chi connectivity index (χ3v) is 4.05. The zero-order valence-electron chi connectivity index (χ0n) is 13.4. The Bertz CT molecular complexity index is 1130. The van der Waals surface area contributed by atoms with Crippen molar-refractivity contribution in [3.63, 3.8) is 0 Å². The molecular weight excluding hydrogens is 334 g/mol. The maximum atomic E-state index is 11.4. The Morgan fingerprint density at radius 2 is 1.85 bits per heavy atom. The van der Waals surface area contributed by atoms with Gasteiger partial charge < -0.3 is 14.6 Å². The number of nitrogens with zero attached hydrogens (tertiary/aromatic N) is 2. The number of H-pyrrole nitrogens is 1. The first-order valence-electron chi connectivity index (χ1n) is 7.79. The summed E-state index contributed by atoms with van der Waals surface area (Å²) in [5.74, 6) is -0.345. The van der Waals surface area contributed by atoms with E-state index in [1.165, 1.54) is 12.4 Å². The molecule has 0 radical (unpaired) electrons. The second-order valence-electron chi connectivity index (χ2n) is 5.67. The first-order valence-corrected chi connectivity index (χ1v) is 7.79. The summed E-state index contributed by atoms with van der Waals surface area (Å²) in [6.45, 7) is 0. The lowest BCUT2D eigenvalue weighted by atomic mass is 10.0. The van der Waals surface area contributed by atoms with Crippen LogP contribution in [0.25, 0.3) is 33.7 Å². The van der Waals surface area contributed by atoms with Crippen LogP contribution in [-0.2, 0) is 0 Å². The highest BCUT2D eigenvalue weighted by Crippen LogP contribution is 2.33. The Morgan fingerprint density at radius 1 is 1.08 bits per heavy atom. The summed E-state index contributed by atoms with van der Waals surface area (Å²) < 4.78 is 6.86. The van der Waals surface area contributed by atoms with E-state index in [2.05, 4.69) is 10.2 Å². The number of para-hydroxylation sites is 2. The van der Waals surface area contributed by atoms with Gasteiger partial charge in [-0.15, -0.1) is 4.91 Å². The van der Waals surface area contributed by atoms with Crippen LogP contribution in [0.15, 0.2) is 76.6 Å². The Hall–Kier alpha value is -3.87. The number of carbonyl (C=O) groups excluding carboxylic acids is 1. The van der Waals surface area contributed by atoms with Crippen molar-refractivity contribution < 1.29 is 14.4 Å². The molecule has 4 rings (SSSR count). The van der Waals surface area contributed by atoms with Gasteiger partial charge in [-0.2, -0.15) is 4.73 Å². The van der Waals surface area contributed by atoms with Gasteiger partial charge in [-0.1, -0.05) is 24.3 Å². The molecule has 0 spiro atoms. The number of benzene rings is 2. The third-order valence-electron chi connectivity index (χ3n) is 4.05. The van der Waals surface area contributed by atoms with Gasteiger partial charge in [-0.3, -0.25) is 4.79 Å². The quantitative estimate of drug-likeness (QED) is 0.408. The first kappa shape index (κ1) is 15.6. The van der Waals surface area contributed by atoms with Crippen molar-refractivity contribution in [1.82, 2.24) is 9.71 Å². The number of hydrogen-bond acceptors (Lipinski definition) is 4. The van der Waals surface area contributed by atoms with Gasteiger partial charge in [0.25, 0.3) is 0 Å². The number of fused-ring (bicyclic) bond motifs is 2. The number of carbonyl (C=O) groups is 1. The molecule has 2 N–H and O–H groups in total. The zero-order valence-corrected chi connectivity index (χ0v) is 13.4. The summed E-state index contributed by atoms with van der Waals surface area (Å²) in [5.41, 5.74) is 3.85. The van der Waals surface area contributed by atoms with Gasteiger partial charge in [0.05, 0.1) is 17.4 Å². The second kappa shape index (κ2) is 6.21. The van der Waals surface area contributed by atoms with E-state index in [-0.39, 0.29) is 5.56 Å². The summed E-state index contributed by atoms with van der Waals surface area (Å²) in [5, 5.41) is 12.2. The van der Waals surface area contributed by atoms with Crippen LogP contribution in [0.3, 0.4) is 0 Å². The van der Waals surface area contributed by atoms with E-state index in [1.807, 2.05) is 24.3 Å². The molecule has 0 bridgehead atoms. The number of pyridine rings is 1. The number of aromatic amines is 1. The molecule has 2 aromatic carbocycles. The van der Waals surface area contributed by atoms with Crippen molar-refractivity contribution in [2.45, 2.75) is 0 Å². The lowest BCUT2D eigenvalue weighted by Crippen LogP contribution is -1.95. The normalized spacial score (nSPS) is 10.8. The molecule has 0 aliphatic carbocycles. The fraction of sp³-hybridized carbons (Fsp3) is 0. The number of amides is 1. The summed E-state index contributed by atoms with van der Waals surface area (Å²) in [6.07, 6.45) is 2.96. The van der Waals surface area contributed by atoms with E-state index >= 15 is 0 Å². The van der Waals surface area contributed by atoms with Crippen molar-refractivity contribution >= 4 is 17.0 Å². The standard InChI is InChI=1S/C19H13N3O4/c23-19(21-24)13-7-5-12(6-8-13)18-14-9-10-22(25)11-17(14)26-16-4-2-1-3-15(16)20-18/h1-11,20,25H. The van der Waals surface area contributed by atoms with Crippen molar-refractivity contribution in [1.29, 1.82) is 0 Å². The van der Waals surface area contributed by atoms with Crippen LogP contribution in [0.4, 0.5) is 0 Å². The minimum absolute atomic E-state index is 0.219. The molecule has 128 valence electrons. The predicted octanol–water partition coefficient (Wildman–Crippen LogP) is 4.60. The van der Waals surface area contributed by atoms with Gasteiger partial charge in [0.2, 0.25) is 0 Å². The smallest absolute Gasteiger partial charge is 0.316 e. The van der Waals surface area contributed by atoms with Crippen LogP contribution < -0.4 is 0 Å². The molecule has 2 aliphatic heterocycles. The van der Waals surface area contributed by atoms with Gasteiger partial charge in [0, 0.05) is 22.5 Å². The summed E-state index contributed by atoms with van der Waals surface area (Å²) in [6, 6.07) is 15.7. The first-order chi connectivity index (χ1) is 12.7. The van der Waals surface area contributed by atoms with Gasteiger partial charge in [0.1, 0.15) is 0 Å². The molecule has 26 heavy (non-hydrogen) atoms. The summed E-state index contributed by atoms with van der Waals surface area (Å²) >= 11 is 0. The molecule has 0 aromatic heterocycles. The van der Waals surface area contributed by atoms with Gasteiger partial charge in [-0.05, 0) is 35.9 Å². The van der Waals surface area contributed by atoms with Gasteiger partial charge in [-0.25, -0.2) is 0 Å². The molecule has 7 heteroatoms. The van der Waals surface area contributed by atoms with Crippen LogP contribution in [0.1, 0.15) is 10.4 Å². The minimum atomic E-state index is -0.814. The molecule has 0 saturated carbocycles. The van der Waals surface area contributed by atoms with Gasteiger partial charge >= 0.3 is 5.91 Å². The summed E-state index contributed by atoms with van der Waals surface area (Å²) in [7, 11) is 0. The molecule has 2 aliphatic rings. The molecule has 0 atom stereocenters. The number of hydrogen-bond donors (Lipinski definition) is 2. The van der Waals surface area contributed by atoms with Crippen LogP contribution in [-0.4, -0.2) is 20.8 Å². The van der Waals surface area contributed by atoms with E-state index in [4.69, 9.17) is 4.42 Å². The van der Waals surface area contributed by atoms with Crippen LogP contribution >= 0.6 is 0 Å². The predicted molar refractivity (Wildman–Crippen MR) is 95.6 cm³/mol. The van der Waals surface area contributed by atoms with E-state index in [1.54, 1.807) is 30.3 Å². The minimum Gasteiger partial charge on any atom is -0.453 e. The largest absolute Gasteiger partial charge is 0.453 e. The van der Waals surface area contributed by atoms with Crippen LogP contribution in [0.2, 0.25) is 0 Å². The Kier molecular flexibility index (Phi) is 3.74.